The highest BCUT2D eigenvalue weighted by Gasteiger charge is 2.21. The third kappa shape index (κ3) is 2.80. The first-order valence-electron chi connectivity index (χ1n) is 5.39. The van der Waals surface area contributed by atoms with Crippen molar-refractivity contribution in [1.82, 2.24) is 5.43 Å². The van der Waals surface area contributed by atoms with Gasteiger partial charge in [-0.2, -0.15) is 0 Å². The Kier molecular flexibility index (Phi) is 4.24. The van der Waals surface area contributed by atoms with Crippen LogP contribution in [0.2, 0.25) is 0 Å². The SMILES string of the molecule is NNC(c1ccc(Br)cc1)c1ccc(F)c(F)c1F. The number of hydrazine groups is 1. The Morgan fingerprint density at radius 2 is 1.58 bits per heavy atom. The Labute approximate surface area is 116 Å². The molecule has 2 rings (SSSR count). The second kappa shape index (κ2) is 5.73. The lowest BCUT2D eigenvalue weighted by Crippen LogP contribution is -2.29. The second-order valence-electron chi connectivity index (χ2n) is 3.92. The van der Waals surface area contributed by atoms with Crippen LogP contribution in [0.5, 0.6) is 0 Å². The van der Waals surface area contributed by atoms with Crippen molar-refractivity contribution in [2.45, 2.75) is 6.04 Å². The number of rotatable bonds is 3. The topological polar surface area (TPSA) is 38.0 Å². The van der Waals surface area contributed by atoms with Gasteiger partial charge in [-0.3, -0.25) is 5.84 Å². The van der Waals surface area contributed by atoms with Crippen molar-refractivity contribution in [3.8, 4) is 0 Å². The smallest absolute Gasteiger partial charge is 0.194 e. The fourth-order valence-corrected chi connectivity index (χ4v) is 2.05. The van der Waals surface area contributed by atoms with Crippen molar-refractivity contribution in [2.75, 3.05) is 0 Å². The van der Waals surface area contributed by atoms with Gasteiger partial charge in [0.25, 0.3) is 0 Å². The molecule has 0 aromatic heterocycles. The summed E-state index contributed by atoms with van der Waals surface area (Å²) < 4.78 is 40.7. The van der Waals surface area contributed by atoms with Gasteiger partial charge >= 0.3 is 0 Å². The molecule has 0 heterocycles. The van der Waals surface area contributed by atoms with Crippen LogP contribution in [-0.2, 0) is 0 Å². The Balaban J connectivity index is 2.48. The first-order valence-corrected chi connectivity index (χ1v) is 6.19. The average molecular weight is 331 g/mol. The predicted octanol–water partition coefficient (Wildman–Crippen LogP) is 3.42. The summed E-state index contributed by atoms with van der Waals surface area (Å²) in [7, 11) is 0. The van der Waals surface area contributed by atoms with E-state index < -0.39 is 23.5 Å². The lowest BCUT2D eigenvalue weighted by Gasteiger charge is -2.18. The van der Waals surface area contributed by atoms with Crippen molar-refractivity contribution in [2.24, 2.45) is 5.84 Å². The molecule has 19 heavy (non-hydrogen) atoms. The number of halogens is 4. The quantitative estimate of drug-likeness (QED) is 0.514. The molecule has 2 nitrogen and oxygen atoms in total. The number of nitrogens with two attached hydrogens (primary N) is 1. The zero-order valence-electron chi connectivity index (χ0n) is 9.63. The second-order valence-corrected chi connectivity index (χ2v) is 4.83. The highest BCUT2D eigenvalue weighted by atomic mass is 79.9. The Bertz CT molecular complexity index is 587. The van der Waals surface area contributed by atoms with Crippen LogP contribution in [0.15, 0.2) is 40.9 Å². The molecule has 0 spiro atoms. The number of hydrogen-bond acceptors (Lipinski definition) is 2. The molecule has 1 atom stereocenters. The highest BCUT2D eigenvalue weighted by molar-refractivity contribution is 9.10. The normalized spacial score (nSPS) is 12.5. The van der Waals surface area contributed by atoms with Crippen molar-refractivity contribution in [3.05, 3.63) is 69.4 Å². The molecule has 0 aliphatic rings. The summed E-state index contributed by atoms with van der Waals surface area (Å²) in [5, 5.41) is 0. The molecule has 100 valence electrons. The fourth-order valence-electron chi connectivity index (χ4n) is 1.78. The summed E-state index contributed by atoms with van der Waals surface area (Å²) in [5.41, 5.74) is 2.98. The zero-order chi connectivity index (χ0) is 14.0. The molecule has 0 fully saturated rings. The maximum Gasteiger partial charge on any atom is 0.194 e. The average Bonchev–Trinajstić information content (AvgIpc) is 2.41. The van der Waals surface area contributed by atoms with Gasteiger partial charge in [-0.05, 0) is 23.8 Å². The molecule has 2 aromatic carbocycles. The van der Waals surface area contributed by atoms with E-state index in [1.165, 1.54) is 6.07 Å². The molecule has 0 aliphatic carbocycles. The number of hydrogen-bond donors (Lipinski definition) is 2. The lowest BCUT2D eigenvalue weighted by molar-refractivity contribution is 0.433. The minimum absolute atomic E-state index is 0.0521. The molecule has 1 unspecified atom stereocenters. The maximum absolute atomic E-state index is 13.7. The van der Waals surface area contributed by atoms with E-state index in [-0.39, 0.29) is 5.56 Å². The molecule has 0 bridgehead atoms. The van der Waals surface area contributed by atoms with E-state index in [1.54, 1.807) is 24.3 Å². The van der Waals surface area contributed by atoms with Gasteiger partial charge in [0.15, 0.2) is 17.5 Å². The van der Waals surface area contributed by atoms with Crippen molar-refractivity contribution in [1.29, 1.82) is 0 Å². The van der Waals surface area contributed by atoms with Crippen molar-refractivity contribution >= 4 is 15.9 Å². The van der Waals surface area contributed by atoms with Crippen LogP contribution in [0.1, 0.15) is 17.2 Å². The van der Waals surface area contributed by atoms with Crippen LogP contribution in [0.3, 0.4) is 0 Å². The monoisotopic (exact) mass is 330 g/mol. The van der Waals surface area contributed by atoms with Crippen LogP contribution in [0, 0.1) is 17.5 Å². The van der Waals surface area contributed by atoms with Crippen molar-refractivity contribution < 1.29 is 13.2 Å². The van der Waals surface area contributed by atoms with Gasteiger partial charge in [0.1, 0.15) is 0 Å². The van der Waals surface area contributed by atoms with Gasteiger partial charge in [-0.15, -0.1) is 0 Å². The van der Waals surface area contributed by atoms with E-state index in [9.17, 15) is 13.2 Å². The summed E-state index contributed by atoms with van der Waals surface area (Å²) in [6.07, 6.45) is 0. The van der Waals surface area contributed by atoms with Crippen LogP contribution < -0.4 is 11.3 Å². The summed E-state index contributed by atoms with van der Waals surface area (Å²) in [6, 6.07) is 8.18. The van der Waals surface area contributed by atoms with Crippen LogP contribution >= 0.6 is 15.9 Å². The van der Waals surface area contributed by atoms with Crippen LogP contribution in [0.4, 0.5) is 13.2 Å². The largest absolute Gasteiger partial charge is 0.271 e. The molecule has 0 radical (unpaired) electrons. The molecular weight excluding hydrogens is 321 g/mol. The molecule has 0 saturated heterocycles. The van der Waals surface area contributed by atoms with Crippen molar-refractivity contribution in [3.63, 3.8) is 0 Å². The molecular formula is C13H10BrF3N2. The van der Waals surface area contributed by atoms with Gasteiger partial charge in [0.05, 0.1) is 6.04 Å². The van der Waals surface area contributed by atoms with E-state index in [0.29, 0.717) is 5.56 Å². The van der Waals surface area contributed by atoms with Crippen LogP contribution in [0.25, 0.3) is 0 Å². The maximum atomic E-state index is 13.7. The Morgan fingerprint density at radius 1 is 0.947 bits per heavy atom. The van der Waals surface area contributed by atoms with E-state index in [1.807, 2.05) is 0 Å². The van der Waals surface area contributed by atoms with Gasteiger partial charge in [-0.1, -0.05) is 34.1 Å². The predicted molar refractivity (Wildman–Crippen MR) is 69.6 cm³/mol. The highest BCUT2D eigenvalue weighted by Crippen LogP contribution is 2.27. The zero-order valence-corrected chi connectivity index (χ0v) is 11.2. The molecule has 0 amide bonds. The minimum Gasteiger partial charge on any atom is -0.271 e. The summed E-state index contributed by atoms with van der Waals surface area (Å²) in [6.45, 7) is 0. The minimum atomic E-state index is -1.50. The first kappa shape index (κ1) is 14.0. The van der Waals surface area contributed by atoms with Gasteiger partial charge in [0.2, 0.25) is 0 Å². The third-order valence-corrected chi connectivity index (χ3v) is 3.27. The Hall–Kier alpha value is -1.37. The molecule has 3 N–H and O–H groups in total. The third-order valence-electron chi connectivity index (χ3n) is 2.75. The van der Waals surface area contributed by atoms with Gasteiger partial charge in [0, 0.05) is 10.0 Å². The van der Waals surface area contributed by atoms with E-state index in [4.69, 9.17) is 5.84 Å². The Morgan fingerprint density at radius 3 is 2.16 bits per heavy atom. The van der Waals surface area contributed by atoms with E-state index in [0.717, 1.165) is 10.5 Å². The fraction of sp³-hybridized carbons (Fsp3) is 0.0769. The molecule has 6 heteroatoms. The van der Waals surface area contributed by atoms with Gasteiger partial charge < -0.3 is 0 Å². The standard InChI is InChI=1S/C13H10BrF3N2/c14-8-3-1-7(2-4-8)13(19-18)9-5-6-10(15)12(17)11(9)16/h1-6,13,19H,18H2. The molecule has 0 aliphatic heterocycles. The van der Waals surface area contributed by atoms with Gasteiger partial charge in [-0.25, -0.2) is 18.6 Å². The van der Waals surface area contributed by atoms with E-state index in [2.05, 4.69) is 21.4 Å². The number of benzene rings is 2. The number of nitrogens with one attached hydrogen (secondary N) is 1. The summed E-state index contributed by atoms with van der Waals surface area (Å²) in [4.78, 5) is 0. The first-order chi connectivity index (χ1) is 9.04. The lowest BCUT2D eigenvalue weighted by atomic mass is 9.98. The summed E-state index contributed by atoms with van der Waals surface area (Å²) in [5.74, 6) is 1.41. The molecule has 0 saturated carbocycles. The van der Waals surface area contributed by atoms with Crippen LogP contribution in [-0.4, -0.2) is 0 Å². The molecule has 2 aromatic rings. The summed E-state index contributed by atoms with van der Waals surface area (Å²) >= 11 is 3.27. The van der Waals surface area contributed by atoms with E-state index >= 15 is 0 Å².